The maximum atomic E-state index is 13.3. The first kappa shape index (κ1) is 20.5. The zero-order chi connectivity index (χ0) is 20.5. The number of sulfonamides is 1. The number of carbonyl (C=O) groups is 1. The predicted molar refractivity (Wildman–Crippen MR) is 92.9 cm³/mol. The normalized spacial score (nSPS) is 16.2. The number of piperazine rings is 1. The van der Waals surface area contributed by atoms with Gasteiger partial charge in [0, 0.05) is 31.6 Å². The highest BCUT2D eigenvalue weighted by Gasteiger charge is 2.34. The SMILES string of the molecule is O=C(Nc1nc(C(F)(F)F)cs1)N1CCN(S(=O)(=O)c2cccc(F)c2)CC1. The molecule has 1 aromatic heterocycles. The van der Waals surface area contributed by atoms with Gasteiger partial charge in [-0.3, -0.25) is 5.32 Å². The monoisotopic (exact) mass is 438 g/mol. The molecule has 3 rings (SSSR count). The number of anilines is 1. The summed E-state index contributed by atoms with van der Waals surface area (Å²) >= 11 is 0.641. The Morgan fingerprint density at radius 1 is 1.18 bits per heavy atom. The van der Waals surface area contributed by atoms with E-state index < -0.39 is 33.7 Å². The van der Waals surface area contributed by atoms with E-state index >= 15 is 0 Å². The molecule has 28 heavy (non-hydrogen) atoms. The zero-order valence-electron chi connectivity index (χ0n) is 14.1. The number of alkyl halides is 3. The van der Waals surface area contributed by atoms with E-state index in [9.17, 15) is 30.8 Å². The Balaban J connectivity index is 1.60. The van der Waals surface area contributed by atoms with Crippen LogP contribution in [0.4, 0.5) is 27.5 Å². The van der Waals surface area contributed by atoms with Gasteiger partial charge in [-0.15, -0.1) is 11.3 Å². The van der Waals surface area contributed by atoms with E-state index in [2.05, 4.69) is 10.3 Å². The van der Waals surface area contributed by atoms with Crippen molar-refractivity contribution >= 4 is 32.5 Å². The number of hydrogen-bond acceptors (Lipinski definition) is 5. The lowest BCUT2D eigenvalue weighted by Crippen LogP contribution is -2.51. The molecule has 1 aliphatic rings. The predicted octanol–water partition coefficient (Wildman–Crippen LogP) is 2.84. The van der Waals surface area contributed by atoms with E-state index in [1.807, 2.05) is 0 Å². The summed E-state index contributed by atoms with van der Waals surface area (Å²) in [4.78, 5) is 16.6. The summed E-state index contributed by atoms with van der Waals surface area (Å²) in [7, 11) is -3.91. The number of nitrogens with zero attached hydrogens (tertiary/aromatic N) is 3. The van der Waals surface area contributed by atoms with Crippen LogP contribution in [0.1, 0.15) is 5.69 Å². The summed E-state index contributed by atoms with van der Waals surface area (Å²) in [5.74, 6) is -0.680. The van der Waals surface area contributed by atoms with Crippen molar-refractivity contribution in [2.24, 2.45) is 0 Å². The van der Waals surface area contributed by atoms with Crippen LogP contribution in [0.5, 0.6) is 0 Å². The minimum atomic E-state index is -4.60. The fraction of sp³-hybridized carbons (Fsp3) is 0.333. The summed E-state index contributed by atoms with van der Waals surface area (Å²) < 4.78 is 77.1. The molecule has 2 heterocycles. The molecule has 152 valence electrons. The van der Waals surface area contributed by atoms with Gasteiger partial charge in [-0.2, -0.15) is 17.5 Å². The van der Waals surface area contributed by atoms with Gasteiger partial charge >= 0.3 is 12.2 Å². The van der Waals surface area contributed by atoms with Crippen molar-refractivity contribution in [3.8, 4) is 0 Å². The van der Waals surface area contributed by atoms with Crippen LogP contribution in [0.3, 0.4) is 0 Å². The van der Waals surface area contributed by atoms with Crippen LogP contribution in [-0.2, 0) is 16.2 Å². The molecular formula is C15H14F4N4O3S2. The molecule has 1 fully saturated rings. The maximum Gasteiger partial charge on any atom is 0.434 e. The molecule has 1 N–H and O–H groups in total. The minimum absolute atomic E-state index is 0.0257. The fourth-order valence-electron chi connectivity index (χ4n) is 2.54. The number of carbonyl (C=O) groups excluding carboxylic acids is 1. The Labute approximate surface area is 161 Å². The van der Waals surface area contributed by atoms with Crippen molar-refractivity contribution in [3.63, 3.8) is 0 Å². The lowest BCUT2D eigenvalue weighted by molar-refractivity contribution is -0.140. The van der Waals surface area contributed by atoms with Crippen molar-refractivity contribution < 1.29 is 30.8 Å². The molecule has 0 bridgehead atoms. The molecule has 0 unspecified atom stereocenters. The second-order valence-electron chi connectivity index (χ2n) is 5.81. The molecule has 0 saturated carbocycles. The third-order valence-electron chi connectivity index (χ3n) is 3.97. The molecule has 2 aromatic rings. The third kappa shape index (κ3) is 4.42. The van der Waals surface area contributed by atoms with Crippen LogP contribution in [0, 0.1) is 5.82 Å². The summed E-state index contributed by atoms with van der Waals surface area (Å²) in [6.07, 6.45) is -4.60. The lowest BCUT2D eigenvalue weighted by Gasteiger charge is -2.33. The van der Waals surface area contributed by atoms with Crippen molar-refractivity contribution in [1.82, 2.24) is 14.2 Å². The van der Waals surface area contributed by atoms with E-state index in [4.69, 9.17) is 0 Å². The van der Waals surface area contributed by atoms with Crippen LogP contribution >= 0.6 is 11.3 Å². The van der Waals surface area contributed by atoms with Crippen LogP contribution in [0.2, 0.25) is 0 Å². The van der Waals surface area contributed by atoms with Crippen LogP contribution in [0.15, 0.2) is 34.5 Å². The zero-order valence-corrected chi connectivity index (χ0v) is 15.7. The van der Waals surface area contributed by atoms with Crippen LogP contribution in [0.25, 0.3) is 0 Å². The van der Waals surface area contributed by atoms with Gasteiger partial charge < -0.3 is 4.90 Å². The van der Waals surface area contributed by atoms with Gasteiger partial charge in [0.05, 0.1) is 4.90 Å². The molecule has 0 atom stereocenters. The topological polar surface area (TPSA) is 82.6 Å². The van der Waals surface area contributed by atoms with Crippen LogP contribution in [-0.4, -0.2) is 54.8 Å². The van der Waals surface area contributed by atoms with Crippen LogP contribution < -0.4 is 5.32 Å². The average molecular weight is 438 g/mol. The smallest absolute Gasteiger partial charge is 0.322 e. The molecule has 1 saturated heterocycles. The summed E-state index contributed by atoms with van der Waals surface area (Å²) in [6, 6.07) is 3.93. The largest absolute Gasteiger partial charge is 0.434 e. The fourth-order valence-corrected chi connectivity index (χ4v) is 4.70. The van der Waals surface area contributed by atoms with Gasteiger partial charge in [-0.1, -0.05) is 6.07 Å². The Morgan fingerprint density at radius 2 is 1.86 bits per heavy atom. The van der Waals surface area contributed by atoms with Crippen molar-refractivity contribution in [1.29, 1.82) is 0 Å². The average Bonchev–Trinajstić information content (AvgIpc) is 3.11. The maximum absolute atomic E-state index is 13.3. The van der Waals surface area contributed by atoms with E-state index in [1.54, 1.807) is 0 Å². The number of aromatic nitrogens is 1. The first-order chi connectivity index (χ1) is 13.1. The quantitative estimate of drug-likeness (QED) is 0.748. The lowest BCUT2D eigenvalue weighted by atomic mass is 10.3. The standard InChI is InChI=1S/C15H14F4N4O3S2/c16-10-2-1-3-11(8-10)28(25,26)23-6-4-22(5-7-23)14(24)21-13-20-12(9-27-13)15(17,18)19/h1-3,8-9H,4-7H2,(H,20,21,24). The molecule has 1 aromatic carbocycles. The van der Waals surface area contributed by atoms with Gasteiger partial charge in [0.1, 0.15) is 5.82 Å². The number of rotatable bonds is 3. The molecule has 0 radical (unpaired) electrons. The number of halogens is 4. The van der Waals surface area contributed by atoms with E-state index in [0.29, 0.717) is 11.3 Å². The minimum Gasteiger partial charge on any atom is -0.322 e. The van der Waals surface area contributed by atoms with E-state index in [0.717, 1.165) is 21.8 Å². The first-order valence-electron chi connectivity index (χ1n) is 7.92. The van der Waals surface area contributed by atoms with Gasteiger partial charge in [0.25, 0.3) is 0 Å². The second kappa shape index (κ2) is 7.64. The van der Waals surface area contributed by atoms with Gasteiger partial charge in [-0.25, -0.2) is 22.6 Å². The molecule has 1 aliphatic heterocycles. The highest BCUT2D eigenvalue weighted by molar-refractivity contribution is 7.89. The molecular weight excluding hydrogens is 424 g/mol. The molecule has 0 spiro atoms. The van der Waals surface area contributed by atoms with Crippen molar-refractivity contribution in [2.75, 3.05) is 31.5 Å². The third-order valence-corrected chi connectivity index (χ3v) is 6.62. The van der Waals surface area contributed by atoms with Crippen molar-refractivity contribution in [3.05, 3.63) is 41.2 Å². The molecule has 7 nitrogen and oxygen atoms in total. The molecule has 13 heteroatoms. The molecule has 0 aliphatic carbocycles. The van der Waals surface area contributed by atoms with Gasteiger partial charge in [0.15, 0.2) is 10.8 Å². The highest BCUT2D eigenvalue weighted by atomic mass is 32.2. The highest BCUT2D eigenvalue weighted by Crippen LogP contribution is 2.31. The Bertz CT molecular complexity index is 970. The number of urea groups is 1. The van der Waals surface area contributed by atoms with E-state index in [1.165, 1.54) is 17.0 Å². The summed E-state index contributed by atoms with van der Waals surface area (Å²) in [6.45, 7) is -0.00830. The number of benzene rings is 1. The number of amides is 2. The Hall–Kier alpha value is -2.25. The van der Waals surface area contributed by atoms with Gasteiger partial charge in [0.2, 0.25) is 10.0 Å². The summed E-state index contributed by atoms with van der Waals surface area (Å²) in [5.41, 5.74) is -1.10. The summed E-state index contributed by atoms with van der Waals surface area (Å²) in [5, 5.41) is 2.86. The second-order valence-corrected chi connectivity index (χ2v) is 8.61. The van der Waals surface area contributed by atoms with Gasteiger partial charge in [-0.05, 0) is 18.2 Å². The Morgan fingerprint density at radius 3 is 2.43 bits per heavy atom. The molecule has 2 amide bonds. The van der Waals surface area contributed by atoms with Crippen molar-refractivity contribution in [2.45, 2.75) is 11.1 Å². The Kier molecular flexibility index (Phi) is 5.59. The first-order valence-corrected chi connectivity index (χ1v) is 10.2. The number of thiazole rings is 1. The van der Waals surface area contributed by atoms with E-state index in [-0.39, 0.29) is 36.2 Å². The number of nitrogens with one attached hydrogen (secondary N) is 1. The number of hydrogen-bond donors (Lipinski definition) is 1.